The van der Waals surface area contributed by atoms with Crippen LogP contribution >= 0.6 is 11.8 Å². The molecule has 2 aliphatic heterocycles. The minimum Gasteiger partial charge on any atom is -0.449 e. The largest absolute Gasteiger partial charge is 0.449 e. The molecule has 3 unspecified atom stereocenters. The zero-order chi connectivity index (χ0) is 18.7. The van der Waals surface area contributed by atoms with Crippen molar-refractivity contribution in [1.29, 1.82) is 0 Å². The number of rotatable bonds is 5. The van der Waals surface area contributed by atoms with Crippen molar-refractivity contribution >= 4 is 35.5 Å². The van der Waals surface area contributed by atoms with E-state index in [0.717, 1.165) is 4.90 Å². The number of amides is 2. The van der Waals surface area contributed by atoms with E-state index in [2.05, 4.69) is 5.32 Å². The molecule has 2 saturated heterocycles. The highest BCUT2D eigenvalue weighted by atomic mass is 32.2. The van der Waals surface area contributed by atoms with E-state index in [-0.39, 0.29) is 13.0 Å². The molecule has 3 rings (SSSR count). The van der Waals surface area contributed by atoms with Crippen molar-refractivity contribution in [2.75, 3.05) is 6.61 Å². The van der Waals surface area contributed by atoms with Crippen molar-refractivity contribution in [1.82, 2.24) is 10.5 Å². The van der Waals surface area contributed by atoms with Crippen LogP contribution in [-0.4, -0.2) is 53.0 Å². The summed E-state index contributed by atoms with van der Waals surface area (Å²) in [4.78, 5) is 57.8. The number of thioether (sulfide) groups is 1. The first-order valence-corrected chi connectivity index (χ1v) is 8.69. The average Bonchev–Trinajstić information content (AvgIpc) is 3.12. The first-order valence-electron chi connectivity index (χ1n) is 7.81. The average molecular weight is 380 g/mol. The Balaban J connectivity index is 1.62. The normalized spacial score (nSPS) is 25.1. The third-order valence-corrected chi connectivity index (χ3v) is 4.87. The molecule has 0 bridgehead atoms. The zero-order valence-corrected chi connectivity index (χ0v) is 14.6. The van der Waals surface area contributed by atoms with Gasteiger partial charge in [-0.1, -0.05) is 18.2 Å². The Labute approximate surface area is 152 Å². The Hall–Kier alpha value is -2.59. The third-order valence-electron chi connectivity index (χ3n) is 3.61. The van der Waals surface area contributed by atoms with Crippen LogP contribution in [0.3, 0.4) is 0 Å². The number of carbonyl (C=O) groups excluding carboxylic acids is 4. The number of nitrogens with zero attached hydrogens (tertiary/aromatic N) is 1. The summed E-state index contributed by atoms with van der Waals surface area (Å²) >= 11 is 1.31. The number of esters is 1. The van der Waals surface area contributed by atoms with Crippen LogP contribution in [-0.2, 0) is 33.6 Å². The predicted molar refractivity (Wildman–Crippen MR) is 87.1 cm³/mol. The van der Waals surface area contributed by atoms with Gasteiger partial charge in [0.25, 0.3) is 0 Å². The minimum absolute atomic E-state index is 0.0443. The Morgan fingerprint density at radius 1 is 1.27 bits per heavy atom. The number of hydrogen-bond donors (Lipinski definition) is 1. The molecule has 0 saturated carbocycles. The number of benzene rings is 1. The van der Waals surface area contributed by atoms with E-state index in [0.29, 0.717) is 5.23 Å². The highest BCUT2D eigenvalue weighted by Crippen LogP contribution is 2.34. The van der Waals surface area contributed by atoms with Gasteiger partial charge >= 0.3 is 17.8 Å². The van der Waals surface area contributed by atoms with Crippen molar-refractivity contribution < 1.29 is 33.6 Å². The van der Waals surface area contributed by atoms with E-state index in [1.807, 2.05) is 30.3 Å². The van der Waals surface area contributed by atoms with Crippen molar-refractivity contribution in [3.8, 4) is 0 Å². The van der Waals surface area contributed by atoms with Gasteiger partial charge in [-0.25, -0.2) is 9.63 Å². The molecule has 26 heavy (non-hydrogen) atoms. The monoisotopic (exact) mass is 380 g/mol. The van der Waals surface area contributed by atoms with Crippen molar-refractivity contribution in [2.24, 2.45) is 0 Å². The maximum absolute atomic E-state index is 12.3. The molecular formula is C16H16N2O7S. The Bertz CT molecular complexity index is 727. The van der Waals surface area contributed by atoms with Crippen molar-refractivity contribution in [2.45, 2.75) is 35.6 Å². The van der Waals surface area contributed by atoms with E-state index in [4.69, 9.17) is 14.4 Å². The quantitative estimate of drug-likeness (QED) is 0.721. The lowest BCUT2D eigenvalue weighted by Crippen LogP contribution is -2.43. The summed E-state index contributed by atoms with van der Waals surface area (Å²) < 4.78 is 5.05. The van der Waals surface area contributed by atoms with Crippen molar-refractivity contribution in [3.63, 3.8) is 0 Å². The molecular weight excluding hydrogens is 364 g/mol. The fraction of sp³-hybridized carbons (Fsp3) is 0.375. The maximum Gasteiger partial charge on any atom is 0.377 e. The van der Waals surface area contributed by atoms with Crippen LogP contribution in [0.4, 0.5) is 0 Å². The summed E-state index contributed by atoms with van der Waals surface area (Å²) in [6, 6.07) is 8.30. The molecule has 0 radical (unpaired) electrons. The van der Waals surface area contributed by atoms with E-state index in [9.17, 15) is 19.2 Å². The number of ether oxygens (including phenoxy) is 1. The van der Waals surface area contributed by atoms with Crippen LogP contribution in [0, 0.1) is 0 Å². The lowest BCUT2D eigenvalue weighted by molar-refractivity contribution is -0.306. The Kier molecular flexibility index (Phi) is 5.43. The van der Waals surface area contributed by atoms with Crippen LogP contribution in [0.2, 0.25) is 0 Å². The van der Waals surface area contributed by atoms with E-state index in [1.54, 1.807) is 0 Å². The van der Waals surface area contributed by atoms with Crippen LogP contribution in [0.15, 0.2) is 35.2 Å². The highest BCUT2D eigenvalue weighted by Gasteiger charge is 2.45. The molecule has 1 N–H and O–H groups in total. The highest BCUT2D eigenvalue weighted by molar-refractivity contribution is 8.00. The number of carbonyl (C=O) groups is 4. The van der Waals surface area contributed by atoms with Crippen LogP contribution < -0.4 is 5.32 Å². The van der Waals surface area contributed by atoms with Crippen molar-refractivity contribution in [3.05, 3.63) is 30.3 Å². The molecule has 3 atom stereocenters. The summed E-state index contributed by atoms with van der Waals surface area (Å²) in [5, 5.41) is 2.31. The fourth-order valence-electron chi connectivity index (χ4n) is 2.47. The topological polar surface area (TPSA) is 111 Å². The van der Waals surface area contributed by atoms with Gasteiger partial charge in [-0.3, -0.25) is 14.4 Å². The molecule has 0 aliphatic carbocycles. The first kappa shape index (κ1) is 18.2. The second-order valence-corrected chi connectivity index (χ2v) is 6.95. The summed E-state index contributed by atoms with van der Waals surface area (Å²) in [6.45, 7) is 1.10. The predicted octanol–water partition coefficient (Wildman–Crippen LogP) is 0.200. The van der Waals surface area contributed by atoms with Gasteiger partial charge < -0.3 is 14.9 Å². The van der Waals surface area contributed by atoms with Gasteiger partial charge in [-0.2, -0.15) is 0 Å². The number of hydrogen-bond acceptors (Lipinski definition) is 8. The molecule has 138 valence electrons. The molecule has 10 heteroatoms. The molecule has 1 aromatic rings. The molecule has 0 aromatic heterocycles. The first-order chi connectivity index (χ1) is 12.4. The summed E-state index contributed by atoms with van der Waals surface area (Å²) in [7, 11) is 0. The Morgan fingerprint density at radius 2 is 2.00 bits per heavy atom. The lowest BCUT2D eigenvalue weighted by Gasteiger charge is -2.18. The molecule has 2 amide bonds. The zero-order valence-electron chi connectivity index (χ0n) is 13.7. The van der Waals surface area contributed by atoms with Gasteiger partial charge in [-0.05, 0) is 17.4 Å². The number of hydroxylamine groups is 2. The summed E-state index contributed by atoms with van der Waals surface area (Å²) in [5.41, 5.74) is 0. The standard InChI is InChI=1S/C16H16N2O7S/c1-9(19)17-11-8-23-18(15(11)21)25-16(22)14-12(7-13(20)24-14)26-10-5-3-2-4-6-10/h2-6,11-12,14H,7-8H2,1H3,(H,17,19). The second kappa shape index (κ2) is 7.75. The molecule has 1 aromatic carbocycles. The van der Waals surface area contributed by atoms with Gasteiger partial charge in [0.05, 0.1) is 11.7 Å². The third kappa shape index (κ3) is 4.14. The molecule has 9 nitrogen and oxygen atoms in total. The van der Waals surface area contributed by atoms with Gasteiger partial charge in [0.15, 0.2) is 0 Å². The van der Waals surface area contributed by atoms with Gasteiger partial charge in [-0.15, -0.1) is 11.8 Å². The van der Waals surface area contributed by atoms with Crippen LogP contribution in [0.5, 0.6) is 0 Å². The molecule has 2 fully saturated rings. The lowest BCUT2D eigenvalue weighted by atomic mass is 10.2. The van der Waals surface area contributed by atoms with Crippen LogP contribution in [0.25, 0.3) is 0 Å². The number of nitrogens with one attached hydrogen (secondary N) is 1. The smallest absolute Gasteiger partial charge is 0.377 e. The van der Waals surface area contributed by atoms with Gasteiger partial charge in [0, 0.05) is 11.8 Å². The summed E-state index contributed by atoms with van der Waals surface area (Å²) in [6.07, 6.45) is -1.12. The Morgan fingerprint density at radius 3 is 2.69 bits per heavy atom. The maximum atomic E-state index is 12.3. The fourth-order valence-corrected chi connectivity index (χ4v) is 3.65. The number of cyclic esters (lactones) is 1. The SMILES string of the molecule is CC(=O)NC1CON(OC(=O)C2OC(=O)CC2Sc2ccccc2)C1=O. The second-order valence-electron chi connectivity index (χ2n) is 5.64. The van der Waals surface area contributed by atoms with Gasteiger partial charge in [0.2, 0.25) is 12.0 Å². The molecule has 2 heterocycles. The molecule has 2 aliphatic rings. The van der Waals surface area contributed by atoms with E-state index in [1.165, 1.54) is 18.7 Å². The minimum atomic E-state index is -1.16. The summed E-state index contributed by atoms with van der Waals surface area (Å²) in [5.74, 6) is -2.57. The van der Waals surface area contributed by atoms with Crippen LogP contribution in [0.1, 0.15) is 13.3 Å². The van der Waals surface area contributed by atoms with E-state index < -0.39 is 41.1 Å². The van der Waals surface area contributed by atoms with Gasteiger partial charge in [0.1, 0.15) is 12.6 Å². The molecule has 0 spiro atoms. The van der Waals surface area contributed by atoms with E-state index >= 15 is 0 Å².